The predicted octanol–water partition coefficient (Wildman–Crippen LogP) is 5.29. The van der Waals surface area contributed by atoms with E-state index in [0.717, 1.165) is 13.0 Å². The number of hydrogen-bond acceptors (Lipinski definition) is 1. The SMILES string of the molecule is Cc1ccc(N2CCc3ccccc3[C@@H]2C#C[Si](C)(C)C)cc1C. The molecule has 0 saturated carbocycles. The number of benzene rings is 2. The molecule has 0 spiro atoms. The van der Waals surface area contributed by atoms with Gasteiger partial charge in [-0.1, -0.05) is 55.9 Å². The van der Waals surface area contributed by atoms with E-state index in [-0.39, 0.29) is 6.04 Å². The van der Waals surface area contributed by atoms with Crippen molar-refractivity contribution in [3.63, 3.8) is 0 Å². The lowest BCUT2D eigenvalue weighted by Crippen LogP contribution is -2.35. The number of hydrogen-bond donors (Lipinski definition) is 0. The van der Waals surface area contributed by atoms with Crippen LogP contribution in [0.25, 0.3) is 0 Å². The van der Waals surface area contributed by atoms with Gasteiger partial charge < -0.3 is 4.90 Å². The molecule has 0 fully saturated rings. The summed E-state index contributed by atoms with van der Waals surface area (Å²) in [6, 6.07) is 15.8. The van der Waals surface area contributed by atoms with Crippen LogP contribution in [0.3, 0.4) is 0 Å². The van der Waals surface area contributed by atoms with E-state index < -0.39 is 8.07 Å². The number of aryl methyl sites for hydroxylation is 2. The summed E-state index contributed by atoms with van der Waals surface area (Å²) in [5.74, 6) is 3.64. The molecule has 1 nitrogen and oxygen atoms in total. The summed E-state index contributed by atoms with van der Waals surface area (Å²) < 4.78 is 0. The Morgan fingerprint density at radius 2 is 1.75 bits per heavy atom. The van der Waals surface area contributed by atoms with Crippen molar-refractivity contribution >= 4 is 13.8 Å². The zero-order chi connectivity index (χ0) is 17.3. The van der Waals surface area contributed by atoms with Crippen molar-refractivity contribution in [2.45, 2.75) is 46.0 Å². The molecule has 0 saturated heterocycles. The van der Waals surface area contributed by atoms with Crippen molar-refractivity contribution in [1.29, 1.82) is 0 Å². The van der Waals surface area contributed by atoms with Crippen LogP contribution in [0.2, 0.25) is 19.6 Å². The fraction of sp³-hybridized carbons (Fsp3) is 0.364. The van der Waals surface area contributed by atoms with Crippen molar-refractivity contribution in [3.05, 3.63) is 64.7 Å². The lowest BCUT2D eigenvalue weighted by atomic mass is 9.92. The standard InChI is InChI=1S/C22H27NSi/c1-17-10-11-20(16-18(17)2)23-14-12-19-8-6-7-9-21(19)22(23)13-15-24(3,4)5/h6-11,16,22H,12,14H2,1-5H3/t22-/m0/s1. The Balaban J connectivity index is 2.07. The Bertz CT molecular complexity index is 805. The summed E-state index contributed by atoms with van der Waals surface area (Å²) in [7, 11) is -1.40. The zero-order valence-corrected chi connectivity index (χ0v) is 16.5. The lowest BCUT2D eigenvalue weighted by Gasteiger charge is -2.36. The Labute approximate surface area is 147 Å². The fourth-order valence-electron chi connectivity index (χ4n) is 3.19. The summed E-state index contributed by atoms with van der Waals surface area (Å²) in [5.41, 5.74) is 10.4. The van der Waals surface area contributed by atoms with E-state index >= 15 is 0 Å². The average molecular weight is 334 g/mol. The van der Waals surface area contributed by atoms with Crippen LogP contribution in [0.5, 0.6) is 0 Å². The van der Waals surface area contributed by atoms with E-state index in [2.05, 4.69) is 92.3 Å². The predicted molar refractivity (Wildman–Crippen MR) is 107 cm³/mol. The minimum atomic E-state index is -1.40. The van der Waals surface area contributed by atoms with Crippen molar-refractivity contribution in [3.8, 4) is 11.5 Å². The maximum Gasteiger partial charge on any atom is 0.129 e. The Morgan fingerprint density at radius 3 is 2.46 bits per heavy atom. The van der Waals surface area contributed by atoms with Crippen LogP contribution in [0.15, 0.2) is 42.5 Å². The maximum atomic E-state index is 3.64. The lowest BCUT2D eigenvalue weighted by molar-refractivity contribution is 0.681. The molecule has 0 amide bonds. The monoisotopic (exact) mass is 333 g/mol. The first-order chi connectivity index (χ1) is 11.3. The maximum absolute atomic E-state index is 3.64. The van der Waals surface area contributed by atoms with Gasteiger partial charge in [-0.25, -0.2) is 0 Å². The Morgan fingerprint density at radius 1 is 1.00 bits per heavy atom. The third-order valence-electron chi connectivity index (χ3n) is 4.69. The van der Waals surface area contributed by atoms with Crippen LogP contribution in [-0.2, 0) is 6.42 Å². The van der Waals surface area contributed by atoms with Crippen LogP contribution in [0, 0.1) is 25.3 Å². The van der Waals surface area contributed by atoms with E-state index in [1.807, 2.05) is 0 Å². The van der Waals surface area contributed by atoms with Gasteiger partial charge in [-0.2, -0.15) is 0 Å². The van der Waals surface area contributed by atoms with Crippen LogP contribution in [0.1, 0.15) is 28.3 Å². The summed E-state index contributed by atoms with van der Waals surface area (Å²) in [4.78, 5) is 2.49. The van der Waals surface area contributed by atoms with Gasteiger partial charge in [-0.05, 0) is 54.7 Å². The molecule has 124 valence electrons. The van der Waals surface area contributed by atoms with Gasteiger partial charge in [0.15, 0.2) is 0 Å². The molecule has 0 N–H and O–H groups in total. The van der Waals surface area contributed by atoms with Crippen LogP contribution < -0.4 is 4.90 Å². The largest absolute Gasteiger partial charge is 0.353 e. The van der Waals surface area contributed by atoms with Gasteiger partial charge in [0, 0.05) is 12.2 Å². The number of rotatable bonds is 1. The van der Waals surface area contributed by atoms with E-state index in [0.29, 0.717) is 0 Å². The summed E-state index contributed by atoms with van der Waals surface area (Å²) in [6.45, 7) is 12.3. The van der Waals surface area contributed by atoms with E-state index in [1.165, 1.54) is 27.9 Å². The van der Waals surface area contributed by atoms with E-state index in [1.54, 1.807) is 0 Å². The van der Waals surface area contributed by atoms with Crippen LogP contribution in [0.4, 0.5) is 5.69 Å². The second-order valence-electron chi connectivity index (χ2n) is 7.83. The van der Waals surface area contributed by atoms with E-state index in [4.69, 9.17) is 0 Å². The van der Waals surface area contributed by atoms with E-state index in [9.17, 15) is 0 Å². The first kappa shape index (κ1) is 16.9. The number of anilines is 1. The molecule has 24 heavy (non-hydrogen) atoms. The van der Waals surface area contributed by atoms with Crippen molar-refractivity contribution < 1.29 is 0 Å². The zero-order valence-electron chi connectivity index (χ0n) is 15.5. The second-order valence-corrected chi connectivity index (χ2v) is 12.6. The Kier molecular flexibility index (Phi) is 4.56. The number of nitrogens with zero attached hydrogens (tertiary/aromatic N) is 1. The third-order valence-corrected chi connectivity index (χ3v) is 5.58. The molecule has 2 aromatic carbocycles. The third kappa shape index (κ3) is 3.57. The first-order valence-corrected chi connectivity index (χ1v) is 12.3. The first-order valence-electron chi connectivity index (χ1n) is 8.79. The molecule has 2 heteroatoms. The van der Waals surface area contributed by atoms with Gasteiger partial charge in [0.25, 0.3) is 0 Å². The molecule has 0 radical (unpaired) electrons. The second kappa shape index (κ2) is 6.49. The van der Waals surface area contributed by atoms with Crippen molar-refractivity contribution in [1.82, 2.24) is 0 Å². The average Bonchev–Trinajstić information content (AvgIpc) is 2.54. The smallest absolute Gasteiger partial charge is 0.129 e. The van der Waals surface area contributed by atoms with Gasteiger partial charge in [0.2, 0.25) is 0 Å². The quantitative estimate of drug-likeness (QED) is 0.506. The topological polar surface area (TPSA) is 3.24 Å². The van der Waals surface area contributed by atoms with Gasteiger partial charge in [-0.15, -0.1) is 5.54 Å². The summed E-state index contributed by atoms with van der Waals surface area (Å²) in [6.07, 6.45) is 1.09. The van der Waals surface area contributed by atoms with Crippen molar-refractivity contribution in [2.24, 2.45) is 0 Å². The van der Waals surface area contributed by atoms with Gasteiger partial charge in [0.1, 0.15) is 14.1 Å². The van der Waals surface area contributed by atoms with Gasteiger partial charge >= 0.3 is 0 Å². The molecule has 1 aliphatic rings. The Hall–Kier alpha value is -1.98. The molecule has 1 heterocycles. The highest BCUT2D eigenvalue weighted by molar-refractivity contribution is 6.83. The molecule has 0 aromatic heterocycles. The van der Waals surface area contributed by atoms with Crippen molar-refractivity contribution in [2.75, 3.05) is 11.4 Å². The summed E-state index contributed by atoms with van der Waals surface area (Å²) >= 11 is 0. The highest BCUT2D eigenvalue weighted by Crippen LogP contribution is 2.34. The molecule has 0 unspecified atom stereocenters. The summed E-state index contributed by atoms with van der Waals surface area (Å²) in [5, 5.41) is 0. The van der Waals surface area contributed by atoms with Crippen LogP contribution in [-0.4, -0.2) is 14.6 Å². The molecule has 1 atom stereocenters. The fourth-order valence-corrected chi connectivity index (χ4v) is 3.76. The van der Waals surface area contributed by atoms with Crippen LogP contribution >= 0.6 is 0 Å². The molecule has 2 aromatic rings. The molecule has 1 aliphatic heterocycles. The van der Waals surface area contributed by atoms with Gasteiger partial charge in [-0.3, -0.25) is 0 Å². The molecule has 0 bridgehead atoms. The highest BCUT2D eigenvalue weighted by Gasteiger charge is 2.26. The molecular formula is C22H27NSi. The molecule has 0 aliphatic carbocycles. The molecular weight excluding hydrogens is 306 g/mol. The van der Waals surface area contributed by atoms with Gasteiger partial charge in [0.05, 0.1) is 0 Å². The number of fused-ring (bicyclic) bond motifs is 1. The normalized spacial score (nSPS) is 17.0. The minimum Gasteiger partial charge on any atom is -0.353 e. The minimum absolute atomic E-state index is 0.170. The highest BCUT2D eigenvalue weighted by atomic mass is 28.3. The molecule has 3 rings (SSSR count).